The van der Waals surface area contributed by atoms with E-state index in [0.717, 1.165) is 45.1 Å². The first kappa shape index (κ1) is 24.7. The number of aliphatic hydroxyl groups excluding tert-OH is 1. The summed E-state index contributed by atoms with van der Waals surface area (Å²) in [7, 11) is 1.68. The Morgan fingerprint density at radius 2 is 2.19 bits per heavy atom. The minimum atomic E-state index is -0.391. The minimum absolute atomic E-state index is 0.0182. The van der Waals surface area contributed by atoms with Gasteiger partial charge in [-0.2, -0.15) is 10.1 Å². The molecule has 12 heteroatoms. The van der Waals surface area contributed by atoms with E-state index in [2.05, 4.69) is 46.8 Å². The zero-order valence-corrected chi connectivity index (χ0v) is 22.6. The number of aromatic nitrogens is 6. The van der Waals surface area contributed by atoms with Gasteiger partial charge in [0.25, 0.3) is 0 Å². The number of hydrogen-bond donors (Lipinski definition) is 3. The van der Waals surface area contributed by atoms with Crippen molar-refractivity contribution in [3.05, 3.63) is 39.6 Å². The molecule has 188 valence electrons. The molecule has 36 heavy (non-hydrogen) atoms. The molecule has 0 aliphatic heterocycles. The first-order chi connectivity index (χ1) is 17.3. The van der Waals surface area contributed by atoms with E-state index in [1.807, 2.05) is 32.0 Å². The van der Waals surface area contributed by atoms with Gasteiger partial charge in [0.05, 0.1) is 11.1 Å². The van der Waals surface area contributed by atoms with Gasteiger partial charge in [0, 0.05) is 36.9 Å². The SMILES string of the molecule is CNC(=O)[C@]1(C)CC[C@@H](Nc2ncc3c(Br)nn(-c4ccc(-c5nnc(C)s5)c(CCO)c4)c3n2)C1. The number of nitrogens with one attached hydrogen (secondary N) is 2. The molecule has 0 radical (unpaired) electrons. The lowest BCUT2D eigenvalue weighted by Gasteiger charge is -2.22. The van der Waals surface area contributed by atoms with Gasteiger partial charge in [-0.05, 0) is 72.3 Å². The molecule has 0 unspecified atom stereocenters. The standard InChI is InChI=1S/C24H27BrN8O2S/c1-13-30-31-21(36-13)17-5-4-16(10-14(17)7-9-34)33-20-18(19(25)32-33)12-27-23(29-20)28-15-6-8-24(2,11-15)22(35)26-3/h4-5,10,12,15,34H,6-9,11H2,1-3H3,(H,26,35)(H,27,28,29)/t15-,24-/m1/s1. The largest absolute Gasteiger partial charge is 0.396 e. The van der Waals surface area contributed by atoms with Crippen molar-refractivity contribution >= 4 is 50.2 Å². The Morgan fingerprint density at radius 3 is 2.92 bits per heavy atom. The van der Waals surface area contributed by atoms with Crippen LogP contribution in [0.15, 0.2) is 29.0 Å². The summed E-state index contributed by atoms with van der Waals surface area (Å²) < 4.78 is 2.41. The van der Waals surface area contributed by atoms with Gasteiger partial charge in [-0.3, -0.25) is 4.79 Å². The van der Waals surface area contributed by atoms with Crippen molar-refractivity contribution in [3.63, 3.8) is 0 Å². The zero-order valence-electron chi connectivity index (χ0n) is 20.2. The molecule has 1 aliphatic rings. The number of carbonyl (C=O) groups excluding carboxylic acids is 1. The summed E-state index contributed by atoms with van der Waals surface area (Å²) >= 11 is 5.06. The van der Waals surface area contributed by atoms with Crippen LogP contribution in [0.3, 0.4) is 0 Å². The fraction of sp³-hybridized carbons (Fsp3) is 0.417. The lowest BCUT2D eigenvalue weighted by atomic mass is 9.87. The van der Waals surface area contributed by atoms with E-state index in [9.17, 15) is 9.90 Å². The van der Waals surface area contributed by atoms with Gasteiger partial charge in [0.2, 0.25) is 11.9 Å². The molecule has 0 bridgehead atoms. The fourth-order valence-corrected chi connectivity index (χ4v) is 6.02. The van der Waals surface area contributed by atoms with Gasteiger partial charge in [0.15, 0.2) is 5.65 Å². The van der Waals surface area contributed by atoms with Gasteiger partial charge in [-0.15, -0.1) is 10.2 Å². The number of nitrogens with zero attached hydrogens (tertiary/aromatic N) is 6. The maximum Gasteiger partial charge on any atom is 0.225 e. The van der Waals surface area contributed by atoms with Crippen molar-refractivity contribution in [2.24, 2.45) is 5.41 Å². The van der Waals surface area contributed by atoms with Crippen LogP contribution in [0.25, 0.3) is 27.3 Å². The molecule has 10 nitrogen and oxygen atoms in total. The van der Waals surface area contributed by atoms with Crippen molar-refractivity contribution in [2.45, 2.75) is 45.6 Å². The summed E-state index contributed by atoms with van der Waals surface area (Å²) in [6.45, 7) is 3.94. The molecule has 1 amide bonds. The van der Waals surface area contributed by atoms with E-state index in [-0.39, 0.29) is 18.6 Å². The van der Waals surface area contributed by atoms with E-state index in [4.69, 9.17) is 4.98 Å². The summed E-state index contributed by atoms with van der Waals surface area (Å²) in [4.78, 5) is 21.6. The predicted octanol–water partition coefficient (Wildman–Crippen LogP) is 3.66. The molecule has 1 aliphatic carbocycles. The predicted molar refractivity (Wildman–Crippen MR) is 142 cm³/mol. The van der Waals surface area contributed by atoms with Crippen LogP contribution in [0.5, 0.6) is 0 Å². The van der Waals surface area contributed by atoms with Gasteiger partial charge < -0.3 is 15.7 Å². The molecule has 1 saturated carbocycles. The van der Waals surface area contributed by atoms with Gasteiger partial charge in [-0.25, -0.2) is 9.67 Å². The van der Waals surface area contributed by atoms with Crippen LogP contribution in [0.4, 0.5) is 5.95 Å². The average Bonchev–Trinajstić information content (AvgIpc) is 3.56. The molecule has 2 atom stereocenters. The first-order valence-corrected chi connectivity index (χ1v) is 13.4. The van der Waals surface area contributed by atoms with E-state index in [1.165, 1.54) is 11.3 Å². The molecular formula is C24H27BrN8O2S. The van der Waals surface area contributed by atoms with E-state index < -0.39 is 5.41 Å². The van der Waals surface area contributed by atoms with Gasteiger partial charge in [-0.1, -0.05) is 18.3 Å². The van der Waals surface area contributed by atoms with Crippen LogP contribution in [-0.2, 0) is 11.2 Å². The quantitative estimate of drug-likeness (QED) is 0.307. The Morgan fingerprint density at radius 1 is 1.36 bits per heavy atom. The number of benzene rings is 1. The Balaban J connectivity index is 1.48. The summed E-state index contributed by atoms with van der Waals surface area (Å²) in [5, 5.41) is 31.4. The van der Waals surface area contributed by atoms with Crippen LogP contribution < -0.4 is 10.6 Å². The number of anilines is 1. The number of aryl methyl sites for hydroxylation is 1. The topological polar surface area (TPSA) is 131 Å². The highest BCUT2D eigenvalue weighted by Crippen LogP contribution is 2.39. The highest BCUT2D eigenvalue weighted by molar-refractivity contribution is 9.10. The van der Waals surface area contributed by atoms with Crippen LogP contribution in [0.2, 0.25) is 0 Å². The molecule has 3 aromatic heterocycles. The molecule has 3 N–H and O–H groups in total. The van der Waals surface area contributed by atoms with Crippen molar-refractivity contribution < 1.29 is 9.90 Å². The van der Waals surface area contributed by atoms with Crippen molar-refractivity contribution in [3.8, 4) is 16.3 Å². The Bertz CT molecular complexity index is 1440. The molecule has 1 aromatic carbocycles. The fourth-order valence-electron chi connectivity index (χ4n) is 4.83. The number of hydrogen-bond acceptors (Lipinski definition) is 9. The highest BCUT2D eigenvalue weighted by atomic mass is 79.9. The third kappa shape index (κ3) is 4.60. The van der Waals surface area contributed by atoms with Crippen molar-refractivity contribution in [2.75, 3.05) is 19.0 Å². The van der Waals surface area contributed by atoms with Crippen LogP contribution >= 0.6 is 27.3 Å². The van der Waals surface area contributed by atoms with E-state index in [0.29, 0.717) is 29.0 Å². The second kappa shape index (κ2) is 9.83. The van der Waals surface area contributed by atoms with Crippen molar-refractivity contribution in [1.29, 1.82) is 0 Å². The molecule has 1 fully saturated rings. The van der Waals surface area contributed by atoms with Crippen LogP contribution in [0.1, 0.15) is 36.8 Å². The van der Waals surface area contributed by atoms with E-state index in [1.54, 1.807) is 17.9 Å². The number of carbonyl (C=O) groups is 1. The summed E-state index contributed by atoms with van der Waals surface area (Å²) in [5.41, 5.74) is 2.99. The number of halogens is 1. The van der Waals surface area contributed by atoms with Gasteiger partial charge in [0.1, 0.15) is 14.6 Å². The molecule has 5 rings (SSSR count). The lowest BCUT2D eigenvalue weighted by Crippen LogP contribution is -2.35. The zero-order chi connectivity index (χ0) is 25.4. The third-order valence-electron chi connectivity index (χ3n) is 6.70. The van der Waals surface area contributed by atoms with Crippen LogP contribution in [0, 0.1) is 12.3 Å². The molecular weight excluding hydrogens is 544 g/mol. The normalized spacial score (nSPS) is 19.6. The summed E-state index contributed by atoms with van der Waals surface area (Å²) in [5.74, 6) is 0.565. The smallest absolute Gasteiger partial charge is 0.225 e. The third-order valence-corrected chi connectivity index (χ3v) is 8.16. The highest BCUT2D eigenvalue weighted by Gasteiger charge is 2.41. The van der Waals surface area contributed by atoms with Gasteiger partial charge >= 0.3 is 0 Å². The number of aliphatic hydroxyl groups is 1. The maximum absolute atomic E-state index is 12.3. The number of amides is 1. The summed E-state index contributed by atoms with van der Waals surface area (Å²) in [6.07, 6.45) is 4.62. The van der Waals surface area contributed by atoms with Crippen molar-refractivity contribution in [1.82, 2.24) is 35.3 Å². The first-order valence-electron chi connectivity index (χ1n) is 11.8. The summed E-state index contributed by atoms with van der Waals surface area (Å²) in [6, 6.07) is 6.06. The Labute approximate surface area is 220 Å². The molecule has 0 spiro atoms. The Kier molecular flexibility index (Phi) is 6.75. The second-order valence-corrected chi connectivity index (χ2v) is 11.2. The number of fused-ring (bicyclic) bond motifs is 1. The molecule has 4 aromatic rings. The number of rotatable bonds is 7. The van der Waals surface area contributed by atoms with Crippen LogP contribution in [-0.4, -0.2) is 60.7 Å². The maximum atomic E-state index is 12.3. The minimum Gasteiger partial charge on any atom is -0.396 e. The van der Waals surface area contributed by atoms with E-state index >= 15 is 0 Å². The molecule has 0 saturated heterocycles. The molecule has 3 heterocycles. The Hall–Kier alpha value is -2.96. The lowest BCUT2D eigenvalue weighted by molar-refractivity contribution is -0.129. The monoisotopic (exact) mass is 570 g/mol. The average molecular weight is 572 g/mol. The second-order valence-electron chi connectivity index (χ2n) is 9.30.